The van der Waals surface area contributed by atoms with Crippen molar-refractivity contribution in [3.05, 3.63) is 97.1 Å². The Morgan fingerprint density at radius 1 is 0.333 bits per heavy atom. The molecule has 0 heteroatoms. The highest BCUT2D eigenvalue weighted by Crippen LogP contribution is 2.37. The van der Waals surface area contributed by atoms with Crippen LogP contribution in [0.2, 0.25) is 0 Å². The summed E-state index contributed by atoms with van der Waals surface area (Å²) in [6.45, 7) is 0. The van der Waals surface area contributed by atoms with Gasteiger partial charge in [0, 0.05) is 0 Å². The lowest BCUT2D eigenvalue weighted by Gasteiger charge is -2.13. The maximum atomic E-state index is 2.33. The summed E-state index contributed by atoms with van der Waals surface area (Å²) in [6.07, 6.45) is 0. The molecular weight excluding hydrogens is 288 g/mol. The summed E-state index contributed by atoms with van der Waals surface area (Å²) in [6, 6.07) is 34.9. The van der Waals surface area contributed by atoms with E-state index in [1.54, 1.807) is 0 Å². The summed E-state index contributed by atoms with van der Waals surface area (Å²) in [5.74, 6) is 0. The van der Waals surface area contributed by atoms with Gasteiger partial charge in [0.25, 0.3) is 0 Å². The molecule has 0 aliphatic heterocycles. The van der Waals surface area contributed by atoms with Crippen molar-refractivity contribution in [1.29, 1.82) is 0 Å². The van der Waals surface area contributed by atoms with Gasteiger partial charge in [-0.2, -0.15) is 0 Å². The van der Waals surface area contributed by atoms with Gasteiger partial charge >= 0.3 is 0 Å². The molecule has 0 radical (unpaired) electrons. The Labute approximate surface area is 141 Å². The number of fused-ring (bicyclic) bond motifs is 4. The summed E-state index contributed by atoms with van der Waals surface area (Å²) < 4.78 is 0. The Kier molecular flexibility index (Phi) is 2.89. The molecule has 0 heterocycles. The normalized spacial score (nSPS) is 11.3. The van der Waals surface area contributed by atoms with Gasteiger partial charge in [0.15, 0.2) is 0 Å². The average Bonchev–Trinajstić information content (AvgIpc) is 2.67. The Bertz CT molecular complexity index is 1190. The fourth-order valence-corrected chi connectivity index (χ4v) is 3.74. The predicted molar refractivity (Wildman–Crippen MR) is 104 cm³/mol. The first-order valence-corrected chi connectivity index (χ1v) is 8.30. The van der Waals surface area contributed by atoms with Gasteiger partial charge in [0.2, 0.25) is 0 Å². The molecule has 0 spiro atoms. The smallest absolute Gasteiger partial charge is 0.00928 e. The van der Waals surface area contributed by atoms with Crippen molar-refractivity contribution in [1.82, 2.24) is 0 Å². The predicted octanol–water partition coefficient (Wildman–Crippen LogP) is 6.81. The number of hydrogen-bond donors (Lipinski definition) is 0. The molecule has 0 aliphatic rings. The van der Waals surface area contributed by atoms with Crippen molar-refractivity contribution in [2.45, 2.75) is 0 Å². The van der Waals surface area contributed by atoms with E-state index in [0.717, 1.165) is 0 Å². The highest BCUT2D eigenvalue weighted by molar-refractivity contribution is 6.16. The Hall–Kier alpha value is -3.12. The molecule has 5 aromatic rings. The first kappa shape index (κ1) is 13.3. The zero-order valence-corrected chi connectivity index (χ0v) is 13.2. The van der Waals surface area contributed by atoms with Gasteiger partial charge in [-0.1, -0.05) is 91.0 Å². The molecule has 24 heavy (non-hydrogen) atoms. The Balaban J connectivity index is 1.98. The van der Waals surface area contributed by atoms with Crippen LogP contribution in [0.25, 0.3) is 43.4 Å². The van der Waals surface area contributed by atoms with Crippen LogP contribution < -0.4 is 0 Å². The van der Waals surface area contributed by atoms with Crippen LogP contribution in [-0.2, 0) is 0 Å². The van der Waals surface area contributed by atoms with E-state index in [4.69, 9.17) is 0 Å². The molecule has 5 aromatic carbocycles. The van der Waals surface area contributed by atoms with E-state index in [1.165, 1.54) is 43.4 Å². The van der Waals surface area contributed by atoms with Crippen LogP contribution in [0, 0.1) is 0 Å². The van der Waals surface area contributed by atoms with E-state index in [0.29, 0.717) is 0 Å². The summed E-state index contributed by atoms with van der Waals surface area (Å²) >= 11 is 0. The lowest BCUT2D eigenvalue weighted by molar-refractivity contribution is 1.70. The highest BCUT2D eigenvalue weighted by atomic mass is 14.1. The van der Waals surface area contributed by atoms with Gasteiger partial charge in [-0.3, -0.25) is 0 Å². The molecule has 0 bridgehead atoms. The van der Waals surface area contributed by atoms with Crippen molar-refractivity contribution in [2.75, 3.05) is 0 Å². The fraction of sp³-hybridized carbons (Fsp3) is 0. The molecule has 0 saturated carbocycles. The summed E-state index contributed by atoms with van der Waals surface area (Å²) in [5, 5.41) is 7.83. The van der Waals surface area contributed by atoms with Crippen molar-refractivity contribution < 1.29 is 0 Å². The maximum absolute atomic E-state index is 2.33. The molecular formula is C24H16. The van der Waals surface area contributed by atoms with E-state index in [-0.39, 0.29) is 0 Å². The van der Waals surface area contributed by atoms with Crippen molar-refractivity contribution in [3.63, 3.8) is 0 Å². The van der Waals surface area contributed by atoms with E-state index in [9.17, 15) is 0 Å². The van der Waals surface area contributed by atoms with Gasteiger partial charge in [0.1, 0.15) is 0 Å². The zero-order valence-electron chi connectivity index (χ0n) is 13.2. The third-order valence-corrected chi connectivity index (χ3v) is 4.85. The number of rotatable bonds is 1. The van der Waals surface area contributed by atoms with Crippen LogP contribution in [0.5, 0.6) is 0 Å². The molecule has 5 rings (SSSR count). The van der Waals surface area contributed by atoms with Crippen LogP contribution in [0.1, 0.15) is 0 Å². The number of benzene rings is 5. The summed E-state index contributed by atoms with van der Waals surface area (Å²) in [7, 11) is 0. The molecule has 112 valence electrons. The first-order valence-electron chi connectivity index (χ1n) is 8.30. The van der Waals surface area contributed by atoms with Gasteiger partial charge in [-0.25, -0.2) is 0 Å². The Morgan fingerprint density at radius 3 is 1.75 bits per heavy atom. The standard InChI is InChI=1S/C24H16/c1-3-11-19-17(8-1)10-7-15-22(19)24-16-18-9-2-4-12-20(18)21-13-5-6-14-23(21)24/h1-16H. The van der Waals surface area contributed by atoms with Gasteiger partial charge < -0.3 is 0 Å². The lowest BCUT2D eigenvalue weighted by Crippen LogP contribution is -1.86. The minimum Gasteiger partial charge on any atom is -0.0616 e. The minimum absolute atomic E-state index is 1.28. The largest absolute Gasteiger partial charge is 0.0616 e. The second-order valence-corrected chi connectivity index (χ2v) is 6.22. The summed E-state index contributed by atoms with van der Waals surface area (Å²) in [4.78, 5) is 0. The second-order valence-electron chi connectivity index (χ2n) is 6.22. The first-order chi connectivity index (χ1) is 11.9. The van der Waals surface area contributed by atoms with Crippen molar-refractivity contribution in [2.24, 2.45) is 0 Å². The van der Waals surface area contributed by atoms with E-state index in [2.05, 4.69) is 97.1 Å². The Morgan fingerprint density at radius 2 is 0.917 bits per heavy atom. The summed E-state index contributed by atoms with van der Waals surface area (Å²) in [5.41, 5.74) is 2.61. The molecule has 0 atom stereocenters. The molecule has 0 saturated heterocycles. The topological polar surface area (TPSA) is 0 Å². The van der Waals surface area contributed by atoms with Crippen molar-refractivity contribution in [3.8, 4) is 11.1 Å². The third kappa shape index (κ3) is 1.93. The van der Waals surface area contributed by atoms with Crippen LogP contribution in [0.3, 0.4) is 0 Å². The fourth-order valence-electron chi connectivity index (χ4n) is 3.74. The molecule has 0 nitrogen and oxygen atoms in total. The molecule has 0 N–H and O–H groups in total. The van der Waals surface area contributed by atoms with E-state index < -0.39 is 0 Å². The minimum atomic E-state index is 1.28. The quantitative estimate of drug-likeness (QED) is 0.298. The second kappa shape index (κ2) is 5.21. The molecule has 0 unspecified atom stereocenters. The third-order valence-electron chi connectivity index (χ3n) is 4.85. The molecule has 0 fully saturated rings. The van der Waals surface area contributed by atoms with Crippen LogP contribution >= 0.6 is 0 Å². The van der Waals surface area contributed by atoms with E-state index in [1.807, 2.05) is 0 Å². The van der Waals surface area contributed by atoms with Gasteiger partial charge in [-0.15, -0.1) is 0 Å². The molecule has 0 aromatic heterocycles. The molecule has 0 amide bonds. The van der Waals surface area contributed by atoms with E-state index >= 15 is 0 Å². The van der Waals surface area contributed by atoms with Crippen LogP contribution in [0.15, 0.2) is 97.1 Å². The maximum Gasteiger partial charge on any atom is -0.00928 e. The lowest BCUT2D eigenvalue weighted by atomic mass is 9.91. The highest BCUT2D eigenvalue weighted by Gasteiger charge is 2.10. The van der Waals surface area contributed by atoms with Crippen LogP contribution in [0.4, 0.5) is 0 Å². The van der Waals surface area contributed by atoms with Crippen molar-refractivity contribution >= 4 is 32.3 Å². The SMILES string of the molecule is c1ccc2c(-c3cc4ccccc4c4ccccc34)cccc2c1. The van der Waals surface area contributed by atoms with Gasteiger partial charge in [0.05, 0.1) is 0 Å². The zero-order chi connectivity index (χ0) is 15.9. The van der Waals surface area contributed by atoms with Gasteiger partial charge in [-0.05, 0) is 49.5 Å². The molecule has 0 aliphatic carbocycles. The van der Waals surface area contributed by atoms with Crippen LogP contribution in [-0.4, -0.2) is 0 Å². The average molecular weight is 304 g/mol. The monoisotopic (exact) mass is 304 g/mol. The number of hydrogen-bond acceptors (Lipinski definition) is 0.